The Morgan fingerprint density at radius 3 is 2.61 bits per heavy atom. The number of rotatable bonds is 4. The first-order valence-corrected chi connectivity index (χ1v) is 7.47. The van der Waals surface area contributed by atoms with Crippen molar-refractivity contribution in [3.63, 3.8) is 0 Å². The molecule has 0 spiro atoms. The lowest BCUT2D eigenvalue weighted by atomic mass is 10.2. The van der Waals surface area contributed by atoms with E-state index in [0.717, 1.165) is 5.82 Å². The summed E-state index contributed by atoms with van der Waals surface area (Å²) < 4.78 is 8.72. The topological polar surface area (TPSA) is 74.8 Å². The van der Waals surface area contributed by atoms with Crippen molar-refractivity contribution >= 4 is 10.9 Å². The van der Waals surface area contributed by atoms with E-state index < -0.39 is 0 Å². The Morgan fingerprint density at radius 2 is 1.91 bits per heavy atom. The first-order valence-electron chi connectivity index (χ1n) is 7.47. The van der Waals surface area contributed by atoms with Crippen molar-refractivity contribution < 1.29 is 4.74 Å². The summed E-state index contributed by atoms with van der Waals surface area (Å²) in [4.78, 5) is 17.2. The van der Waals surface area contributed by atoms with Crippen molar-refractivity contribution in [2.45, 2.75) is 32.9 Å². The van der Waals surface area contributed by atoms with Gasteiger partial charge in [-0.25, -0.2) is 4.98 Å². The number of hydrogen-bond donors (Lipinski definition) is 0. The van der Waals surface area contributed by atoms with Crippen molar-refractivity contribution in [2.24, 2.45) is 0 Å². The van der Waals surface area contributed by atoms with Crippen molar-refractivity contribution in [2.75, 3.05) is 7.11 Å². The third kappa shape index (κ3) is 2.58. The lowest BCUT2D eigenvalue weighted by Crippen LogP contribution is -2.26. The van der Waals surface area contributed by atoms with E-state index in [1.54, 1.807) is 42.5 Å². The van der Waals surface area contributed by atoms with Crippen LogP contribution in [0, 0.1) is 0 Å². The molecule has 0 radical (unpaired) electrons. The van der Waals surface area contributed by atoms with Gasteiger partial charge in [0.05, 0.1) is 30.4 Å². The van der Waals surface area contributed by atoms with Gasteiger partial charge in [-0.3, -0.25) is 9.36 Å². The fraction of sp³-hybridized carbons (Fsp3) is 0.375. The van der Waals surface area contributed by atoms with Crippen LogP contribution < -0.4 is 10.3 Å². The molecule has 0 aliphatic carbocycles. The van der Waals surface area contributed by atoms with Crippen LogP contribution in [0.5, 0.6) is 5.75 Å². The number of benzene rings is 1. The van der Waals surface area contributed by atoms with Crippen molar-refractivity contribution in [1.29, 1.82) is 0 Å². The number of fused-ring (bicyclic) bond motifs is 1. The van der Waals surface area contributed by atoms with Crippen LogP contribution in [-0.2, 0) is 0 Å². The standard InChI is InChI=1S/C16H19N5O2/c1-10(2)20-9-18-19-15(20)11(3)21-8-17-14-6-5-12(23-4)7-13(14)16(21)22/h5-11H,1-4H3/t11-/m0/s1. The van der Waals surface area contributed by atoms with Crippen LogP contribution >= 0.6 is 0 Å². The third-order valence-electron chi connectivity index (χ3n) is 3.94. The van der Waals surface area contributed by atoms with Crippen LogP contribution in [0.25, 0.3) is 10.9 Å². The van der Waals surface area contributed by atoms with Gasteiger partial charge in [0.25, 0.3) is 5.56 Å². The van der Waals surface area contributed by atoms with Gasteiger partial charge in [0.2, 0.25) is 0 Å². The summed E-state index contributed by atoms with van der Waals surface area (Å²) >= 11 is 0. The summed E-state index contributed by atoms with van der Waals surface area (Å²) in [5.74, 6) is 1.36. The maximum atomic E-state index is 12.8. The second-order valence-corrected chi connectivity index (χ2v) is 5.71. The number of methoxy groups -OCH3 is 1. The predicted molar refractivity (Wildman–Crippen MR) is 86.8 cm³/mol. The highest BCUT2D eigenvalue weighted by molar-refractivity contribution is 5.78. The van der Waals surface area contributed by atoms with Gasteiger partial charge in [-0.1, -0.05) is 0 Å². The van der Waals surface area contributed by atoms with E-state index in [1.165, 1.54) is 0 Å². The molecule has 0 amide bonds. The normalized spacial score (nSPS) is 12.7. The smallest absolute Gasteiger partial charge is 0.261 e. The largest absolute Gasteiger partial charge is 0.497 e. The molecule has 120 valence electrons. The Bertz CT molecular complexity index is 897. The molecular formula is C16H19N5O2. The van der Waals surface area contributed by atoms with Crippen LogP contribution in [0.4, 0.5) is 0 Å². The molecule has 7 heteroatoms. The van der Waals surface area contributed by atoms with Gasteiger partial charge in [0.1, 0.15) is 12.1 Å². The molecule has 0 saturated carbocycles. The maximum Gasteiger partial charge on any atom is 0.261 e. The van der Waals surface area contributed by atoms with Gasteiger partial charge in [0.15, 0.2) is 5.82 Å². The molecule has 0 N–H and O–H groups in total. The molecule has 2 heterocycles. The van der Waals surface area contributed by atoms with Gasteiger partial charge in [-0.15, -0.1) is 10.2 Å². The van der Waals surface area contributed by atoms with E-state index >= 15 is 0 Å². The average Bonchev–Trinajstić information content (AvgIpc) is 3.04. The molecule has 0 fully saturated rings. The summed E-state index contributed by atoms with van der Waals surface area (Å²) in [6.07, 6.45) is 3.24. The monoisotopic (exact) mass is 313 g/mol. The first kappa shape index (κ1) is 15.2. The number of hydrogen-bond acceptors (Lipinski definition) is 5. The van der Waals surface area contributed by atoms with Crippen LogP contribution in [0.2, 0.25) is 0 Å². The van der Waals surface area contributed by atoms with E-state index in [0.29, 0.717) is 16.7 Å². The van der Waals surface area contributed by atoms with Crippen molar-refractivity contribution in [3.05, 3.63) is 47.0 Å². The summed E-state index contributed by atoms with van der Waals surface area (Å²) in [5, 5.41) is 8.66. The average molecular weight is 313 g/mol. The third-order valence-corrected chi connectivity index (χ3v) is 3.94. The highest BCUT2D eigenvalue weighted by atomic mass is 16.5. The molecule has 0 aliphatic rings. The minimum absolute atomic E-state index is 0.125. The van der Waals surface area contributed by atoms with Gasteiger partial charge < -0.3 is 9.30 Å². The minimum Gasteiger partial charge on any atom is -0.497 e. The molecule has 0 bridgehead atoms. The highest BCUT2D eigenvalue weighted by Crippen LogP contribution is 2.20. The predicted octanol–water partition coefficient (Wildman–Crippen LogP) is 2.19. The van der Waals surface area contributed by atoms with Crippen LogP contribution in [0.1, 0.15) is 38.7 Å². The summed E-state index contributed by atoms with van der Waals surface area (Å²) in [6, 6.07) is 5.22. The Balaban J connectivity index is 2.14. The Kier molecular flexibility index (Phi) is 3.85. The summed E-state index contributed by atoms with van der Waals surface area (Å²) in [7, 11) is 1.57. The van der Waals surface area contributed by atoms with E-state index in [9.17, 15) is 4.79 Å². The van der Waals surface area contributed by atoms with Gasteiger partial charge in [0, 0.05) is 6.04 Å². The van der Waals surface area contributed by atoms with Crippen LogP contribution in [0.3, 0.4) is 0 Å². The van der Waals surface area contributed by atoms with E-state index in [-0.39, 0.29) is 17.6 Å². The zero-order valence-electron chi connectivity index (χ0n) is 13.6. The lowest BCUT2D eigenvalue weighted by Gasteiger charge is -2.17. The lowest BCUT2D eigenvalue weighted by molar-refractivity contribution is 0.415. The number of nitrogens with zero attached hydrogens (tertiary/aromatic N) is 5. The van der Waals surface area contributed by atoms with Gasteiger partial charge >= 0.3 is 0 Å². The molecule has 7 nitrogen and oxygen atoms in total. The van der Waals surface area contributed by atoms with E-state index in [2.05, 4.69) is 15.2 Å². The Hall–Kier alpha value is -2.70. The van der Waals surface area contributed by atoms with Gasteiger partial charge in [-0.2, -0.15) is 0 Å². The number of ether oxygens (including phenoxy) is 1. The molecule has 2 aromatic heterocycles. The molecule has 0 saturated heterocycles. The van der Waals surface area contributed by atoms with Crippen molar-refractivity contribution in [3.8, 4) is 5.75 Å². The fourth-order valence-corrected chi connectivity index (χ4v) is 2.59. The van der Waals surface area contributed by atoms with Crippen LogP contribution in [-0.4, -0.2) is 31.4 Å². The maximum absolute atomic E-state index is 12.8. The molecule has 23 heavy (non-hydrogen) atoms. The second kappa shape index (κ2) is 5.83. The quantitative estimate of drug-likeness (QED) is 0.738. The van der Waals surface area contributed by atoms with Gasteiger partial charge in [-0.05, 0) is 39.0 Å². The van der Waals surface area contributed by atoms with E-state index in [1.807, 2.05) is 25.3 Å². The second-order valence-electron chi connectivity index (χ2n) is 5.71. The summed E-state index contributed by atoms with van der Waals surface area (Å²) in [5.41, 5.74) is 0.518. The molecule has 3 rings (SSSR count). The van der Waals surface area contributed by atoms with Crippen LogP contribution in [0.15, 0.2) is 35.6 Å². The van der Waals surface area contributed by atoms with E-state index in [4.69, 9.17) is 4.74 Å². The molecule has 0 aliphatic heterocycles. The summed E-state index contributed by atoms with van der Waals surface area (Å²) in [6.45, 7) is 6.01. The Labute approximate surface area is 133 Å². The fourth-order valence-electron chi connectivity index (χ4n) is 2.59. The molecule has 0 unspecified atom stereocenters. The molecule has 3 aromatic rings. The Morgan fingerprint density at radius 1 is 1.13 bits per heavy atom. The zero-order valence-corrected chi connectivity index (χ0v) is 13.6. The highest BCUT2D eigenvalue weighted by Gasteiger charge is 2.19. The molecule has 1 aromatic carbocycles. The zero-order chi connectivity index (χ0) is 16.6. The van der Waals surface area contributed by atoms with Crippen molar-refractivity contribution in [1.82, 2.24) is 24.3 Å². The minimum atomic E-state index is -0.268. The SMILES string of the molecule is COc1ccc2ncn([C@@H](C)c3nncn3C(C)C)c(=O)c2c1. The number of aromatic nitrogens is 5. The first-order chi connectivity index (χ1) is 11.0. The molecular weight excluding hydrogens is 294 g/mol. The molecule has 1 atom stereocenters.